The van der Waals surface area contributed by atoms with Crippen LogP contribution in [0.5, 0.6) is 0 Å². The van der Waals surface area contributed by atoms with Crippen molar-refractivity contribution < 1.29 is 0 Å². The van der Waals surface area contributed by atoms with Gasteiger partial charge in [0.25, 0.3) is 0 Å². The summed E-state index contributed by atoms with van der Waals surface area (Å²) in [5.74, 6) is 0. The van der Waals surface area contributed by atoms with Gasteiger partial charge in [-0.05, 0) is 49.6 Å². The summed E-state index contributed by atoms with van der Waals surface area (Å²) in [4.78, 5) is 0. The minimum absolute atomic E-state index is 0.879. The van der Waals surface area contributed by atoms with Crippen molar-refractivity contribution in [3.8, 4) is 0 Å². The third-order valence-electron chi connectivity index (χ3n) is 3.09. The van der Waals surface area contributed by atoms with Crippen LogP contribution in [0.25, 0.3) is 0 Å². The van der Waals surface area contributed by atoms with Gasteiger partial charge in [0.15, 0.2) is 0 Å². The van der Waals surface area contributed by atoms with Gasteiger partial charge in [0.05, 0.1) is 0 Å². The van der Waals surface area contributed by atoms with Crippen LogP contribution in [0.2, 0.25) is 0 Å². The Morgan fingerprint density at radius 2 is 1.71 bits per heavy atom. The van der Waals surface area contributed by atoms with Gasteiger partial charge in [-0.15, -0.1) is 0 Å². The molecule has 0 fully saturated rings. The molecule has 0 unspecified atom stereocenters. The Morgan fingerprint density at radius 3 is 2.41 bits per heavy atom. The van der Waals surface area contributed by atoms with Crippen molar-refractivity contribution in [2.45, 2.75) is 27.3 Å². The zero-order valence-corrected chi connectivity index (χ0v) is 10.7. The predicted molar refractivity (Wildman–Crippen MR) is 74.4 cm³/mol. The van der Waals surface area contributed by atoms with Crippen molar-refractivity contribution in [2.75, 3.05) is 5.32 Å². The topological polar surface area (TPSA) is 12.0 Å². The zero-order valence-electron chi connectivity index (χ0n) is 10.7. The van der Waals surface area contributed by atoms with Crippen LogP contribution >= 0.6 is 0 Å². The largest absolute Gasteiger partial charge is 0.381 e. The minimum atomic E-state index is 0.879. The van der Waals surface area contributed by atoms with Crippen LogP contribution in [0.1, 0.15) is 22.3 Å². The smallest absolute Gasteiger partial charge is 0.0400 e. The number of nitrogens with one attached hydrogen (secondary N) is 1. The normalized spacial score (nSPS) is 10.3. The van der Waals surface area contributed by atoms with Gasteiger partial charge >= 0.3 is 0 Å². The SMILES string of the molecule is Cc1cccc(CNc2ccc(C)c(C)c2)c1. The quantitative estimate of drug-likeness (QED) is 0.824. The summed E-state index contributed by atoms with van der Waals surface area (Å²) in [6.45, 7) is 7.29. The van der Waals surface area contributed by atoms with Crippen LogP contribution in [-0.2, 0) is 6.54 Å². The molecule has 0 aliphatic heterocycles. The molecule has 1 heteroatoms. The fraction of sp³-hybridized carbons (Fsp3) is 0.250. The first kappa shape index (κ1) is 11.7. The third-order valence-corrected chi connectivity index (χ3v) is 3.09. The average molecular weight is 225 g/mol. The second kappa shape index (κ2) is 5.05. The summed E-state index contributed by atoms with van der Waals surface area (Å²) in [5, 5.41) is 3.46. The molecule has 0 aliphatic rings. The van der Waals surface area contributed by atoms with Crippen LogP contribution in [0.15, 0.2) is 42.5 Å². The van der Waals surface area contributed by atoms with E-state index >= 15 is 0 Å². The van der Waals surface area contributed by atoms with E-state index in [2.05, 4.69) is 68.6 Å². The molecule has 0 radical (unpaired) electrons. The fourth-order valence-corrected chi connectivity index (χ4v) is 1.88. The van der Waals surface area contributed by atoms with Crippen LogP contribution < -0.4 is 5.32 Å². The zero-order chi connectivity index (χ0) is 12.3. The molecule has 2 aromatic rings. The standard InChI is InChI=1S/C16H19N/c1-12-5-4-6-15(9-12)11-17-16-8-7-13(2)14(3)10-16/h4-10,17H,11H2,1-3H3. The Morgan fingerprint density at radius 1 is 0.882 bits per heavy atom. The van der Waals surface area contributed by atoms with E-state index in [0.717, 1.165) is 6.54 Å². The first-order chi connectivity index (χ1) is 8.15. The molecule has 0 aliphatic carbocycles. The van der Waals surface area contributed by atoms with E-state index in [1.165, 1.54) is 27.9 Å². The van der Waals surface area contributed by atoms with Gasteiger partial charge in [0.2, 0.25) is 0 Å². The highest BCUT2D eigenvalue weighted by Gasteiger charge is 1.97. The number of rotatable bonds is 3. The van der Waals surface area contributed by atoms with Gasteiger partial charge in [0.1, 0.15) is 0 Å². The van der Waals surface area contributed by atoms with Gasteiger partial charge in [-0.2, -0.15) is 0 Å². The van der Waals surface area contributed by atoms with Gasteiger partial charge in [-0.3, -0.25) is 0 Å². The summed E-state index contributed by atoms with van der Waals surface area (Å²) in [6.07, 6.45) is 0. The highest BCUT2D eigenvalue weighted by molar-refractivity contribution is 5.48. The van der Waals surface area contributed by atoms with Crippen LogP contribution in [-0.4, -0.2) is 0 Å². The van der Waals surface area contributed by atoms with Crippen molar-refractivity contribution in [1.82, 2.24) is 0 Å². The van der Waals surface area contributed by atoms with E-state index in [1.54, 1.807) is 0 Å². The number of aryl methyl sites for hydroxylation is 3. The molecule has 1 nitrogen and oxygen atoms in total. The molecule has 2 rings (SSSR count). The van der Waals surface area contributed by atoms with E-state index in [0.29, 0.717) is 0 Å². The lowest BCUT2D eigenvalue weighted by Crippen LogP contribution is -2.00. The molecule has 0 saturated carbocycles. The molecule has 88 valence electrons. The fourth-order valence-electron chi connectivity index (χ4n) is 1.88. The highest BCUT2D eigenvalue weighted by Crippen LogP contribution is 2.15. The number of anilines is 1. The number of benzene rings is 2. The molecule has 17 heavy (non-hydrogen) atoms. The minimum Gasteiger partial charge on any atom is -0.381 e. The third kappa shape index (κ3) is 3.10. The maximum Gasteiger partial charge on any atom is 0.0400 e. The Hall–Kier alpha value is -1.76. The molecule has 0 saturated heterocycles. The van der Waals surface area contributed by atoms with Crippen molar-refractivity contribution >= 4 is 5.69 Å². The number of hydrogen-bond acceptors (Lipinski definition) is 1. The molecular weight excluding hydrogens is 206 g/mol. The number of hydrogen-bond donors (Lipinski definition) is 1. The first-order valence-corrected chi connectivity index (χ1v) is 6.02. The van der Waals surface area contributed by atoms with Gasteiger partial charge < -0.3 is 5.32 Å². The lowest BCUT2D eigenvalue weighted by atomic mass is 10.1. The highest BCUT2D eigenvalue weighted by atomic mass is 14.9. The van der Waals surface area contributed by atoms with Gasteiger partial charge in [-0.1, -0.05) is 35.9 Å². The molecule has 0 spiro atoms. The van der Waals surface area contributed by atoms with E-state index < -0.39 is 0 Å². The van der Waals surface area contributed by atoms with Crippen LogP contribution in [0, 0.1) is 20.8 Å². The lowest BCUT2D eigenvalue weighted by molar-refractivity contribution is 1.14. The van der Waals surface area contributed by atoms with E-state index in [-0.39, 0.29) is 0 Å². The maximum atomic E-state index is 3.46. The first-order valence-electron chi connectivity index (χ1n) is 6.02. The molecule has 0 atom stereocenters. The molecule has 0 aromatic heterocycles. The Labute approximate surface area is 103 Å². The van der Waals surface area contributed by atoms with Gasteiger partial charge in [-0.25, -0.2) is 0 Å². The van der Waals surface area contributed by atoms with Crippen molar-refractivity contribution in [1.29, 1.82) is 0 Å². The summed E-state index contributed by atoms with van der Waals surface area (Å²) in [7, 11) is 0. The second-order valence-corrected chi connectivity index (χ2v) is 4.64. The summed E-state index contributed by atoms with van der Waals surface area (Å²) >= 11 is 0. The average Bonchev–Trinajstić information content (AvgIpc) is 2.31. The van der Waals surface area contributed by atoms with Crippen molar-refractivity contribution in [3.05, 3.63) is 64.7 Å². The van der Waals surface area contributed by atoms with E-state index in [1.807, 2.05) is 0 Å². The van der Waals surface area contributed by atoms with Crippen LogP contribution in [0.3, 0.4) is 0 Å². The molecule has 0 amide bonds. The van der Waals surface area contributed by atoms with Crippen LogP contribution in [0.4, 0.5) is 5.69 Å². The van der Waals surface area contributed by atoms with E-state index in [9.17, 15) is 0 Å². The molecule has 2 aromatic carbocycles. The molecule has 1 N–H and O–H groups in total. The summed E-state index contributed by atoms with van der Waals surface area (Å²) in [5.41, 5.74) is 6.49. The Bertz CT molecular complexity index is 515. The summed E-state index contributed by atoms with van der Waals surface area (Å²) in [6, 6.07) is 15.1. The molecule has 0 bridgehead atoms. The van der Waals surface area contributed by atoms with Crippen molar-refractivity contribution in [3.63, 3.8) is 0 Å². The molecular formula is C16H19N. The predicted octanol–water partition coefficient (Wildman–Crippen LogP) is 4.22. The van der Waals surface area contributed by atoms with Crippen molar-refractivity contribution in [2.24, 2.45) is 0 Å². The Kier molecular flexibility index (Phi) is 3.48. The Balaban J connectivity index is 2.05. The molecule has 0 heterocycles. The van der Waals surface area contributed by atoms with Gasteiger partial charge in [0, 0.05) is 12.2 Å². The van der Waals surface area contributed by atoms with E-state index in [4.69, 9.17) is 0 Å². The maximum absolute atomic E-state index is 3.46. The second-order valence-electron chi connectivity index (χ2n) is 4.64. The monoisotopic (exact) mass is 225 g/mol. The lowest BCUT2D eigenvalue weighted by Gasteiger charge is -2.09. The summed E-state index contributed by atoms with van der Waals surface area (Å²) < 4.78 is 0.